The molecule has 0 saturated carbocycles. The lowest BCUT2D eigenvalue weighted by molar-refractivity contribution is 0.130. The minimum absolute atomic E-state index is 0.574. The average Bonchev–Trinajstić information content (AvgIpc) is 2.58. The summed E-state index contributed by atoms with van der Waals surface area (Å²) < 4.78 is 5.80. The van der Waals surface area contributed by atoms with Crippen molar-refractivity contribution in [1.82, 2.24) is 0 Å². The monoisotopic (exact) mass is 253 g/mol. The molecule has 1 aliphatic rings. The van der Waals surface area contributed by atoms with Gasteiger partial charge in [-0.25, -0.2) is 0 Å². The van der Waals surface area contributed by atoms with E-state index in [2.05, 4.69) is 5.16 Å². The maximum atomic E-state index is 5.80. The van der Waals surface area contributed by atoms with Gasteiger partial charge in [-0.3, -0.25) is 0 Å². The van der Waals surface area contributed by atoms with Gasteiger partial charge in [0.1, 0.15) is 18.1 Å². The van der Waals surface area contributed by atoms with Gasteiger partial charge >= 0.3 is 0 Å². The fraction of sp³-hybridized carbons (Fsp3) is 0.188. The van der Waals surface area contributed by atoms with Crippen LogP contribution in [0.1, 0.15) is 17.5 Å². The van der Waals surface area contributed by atoms with Crippen molar-refractivity contribution in [1.29, 1.82) is 0 Å². The summed E-state index contributed by atoms with van der Waals surface area (Å²) in [6.45, 7) is 1.22. The molecule has 2 aromatic rings. The Hall–Kier alpha value is -2.29. The molecule has 1 aliphatic heterocycles. The van der Waals surface area contributed by atoms with Crippen molar-refractivity contribution >= 4 is 5.71 Å². The first kappa shape index (κ1) is 11.8. The van der Waals surface area contributed by atoms with Gasteiger partial charge < -0.3 is 9.57 Å². The van der Waals surface area contributed by atoms with Gasteiger partial charge in [0.25, 0.3) is 0 Å². The number of ether oxygens (including phenoxy) is 1. The predicted molar refractivity (Wildman–Crippen MR) is 74.6 cm³/mol. The van der Waals surface area contributed by atoms with E-state index < -0.39 is 0 Å². The van der Waals surface area contributed by atoms with Crippen molar-refractivity contribution in [2.75, 3.05) is 13.2 Å². The van der Waals surface area contributed by atoms with Crippen molar-refractivity contribution < 1.29 is 9.57 Å². The quantitative estimate of drug-likeness (QED) is 0.781. The number of hydrogen-bond acceptors (Lipinski definition) is 3. The number of rotatable bonds is 1. The smallest absolute Gasteiger partial charge is 0.128 e. The Labute approximate surface area is 112 Å². The Balaban J connectivity index is 2.10. The molecule has 3 nitrogen and oxygen atoms in total. The second-order valence-electron chi connectivity index (χ2n) is 4.34. The summed E-state index contributed by atoms with van der Waals surface area (Å²) in [5, 5.41) is 4.29. The first-order chi connectivity index (χ1) is 9.45. The third-order valence-corrected chi connectivity index (χ3v) is 2.98. The highest BCUT2D eigenvalue weighted by Crippen LogP contribution is 2.23. The Morgan fingerprint density at radius 1 is 0.842 bits per heavy atom. The number of nitrogens with zero attached hydrogens (tertiary/aromatic N) is 1. The molecule has 0 radical (unpaired) electrons. The van der Waals surface area contributed by atoms with Crippen LogP contribution in [0.15, 0.2) is 59.8 Å². The summed E-state index contributed by atoms with van der Waals surface area (Å²) in [6.07, 6.45) is 0.833. The third kappa shape index (κ3) is 2.60. The molecule has 2 aromatic carbocycles. The Bertz CT molecular complexity index is 578. The van der Waals surface area contributed by atoms with Crippen molar-refractivity contribution in [2.24, 2.45) is 5.16 Å². The zero-order chi connectivity index (χ0) is 12.9. The molecule has 0 atom stereocenters. The molecule has 96 valence electrons. The third-order valence-electron chi connectivity index (χ3n) is 2.98. The number of hydrogen-bond donors (Lipinski definition) is 0. The average molecular weight is 253 g/mol. The van der Waals surface area contributed by atoms with E-state index in [9.17, 15) is 0 Å². The van der Waals surface area contributed by atoms with Crippen molar-refractivity contribution in [3.8, 4) is 5.75 Å². The summed E-state index contributed by atoms with van der Waals surface area (Å²) >= 11 is 0. The highest BCUT2D eigenvalue weighted by molar-refractivity contribution is 6.14. The van der Waals surface area contributed by atoms with Crippen molar-refractivity contribution in [2.45, 2.75) is 6.42 Å². The van der Waals surface area contributed by atoms with Gasteiger partial charge in [0, 0.05) is 17.5 Å². The largest absolute Gasteiger partial charge is 0.493 e. The highest BCUT2D eigenvalue weighted by atomic mass is 16.6. The summed E-state index contributed by atoms with van der Waals surface area (Å²) in [4.78, 5) is 5.39. The van der Waals surface area contributed by atoms with E-state index in [1.165, 1.54) is 0 Å². The Kier molecular flexibility index (Phi) is 3.45. The summed E-state index contributed by atoms with van der Waals surface area (Å²) in [6, 6.07) is 18.0. The molecule has 3 heteroatoms. The van der Waals surface area contributed by atoms with Crippen LogP contribution in [0, 0.1) is 0 Å². The van der Waals surface area contributed by atoms with Gasteiger partial charge in [-0.2, -0.15) is 0 Å². The molecule has 0 aliphatic carbocycles. The van der Waals surface area contributed by atoms with Gasteiger partial charge in [0.05, 0.1) is 6.61 Å². The molecule has 0 saturated heterocycles. The lowest BCUT2D eigenvalue weighted by atomic mass is 10.0. The van der Waals surface area contributed by atoms with E-state index in [0.717, 1.165) is 29.0 Å². The molecule has 0 amide bonds. The first-order valence-corrected chi connectivity index (χ1v) is 6.43. The Morgan fingerprint density at radius 3 is 2.53 bits per heavy atom. The summed E-state index contributed by atoms with van der Waals surface area (Å²) in [7, 11) is 0. The molecule has 0 unspecified atom stereocenters. The normalized spacial score (nSPS) is 14.8. The van der Waals surface area contributed by atoms with Gasteiger partial charge in [-0.1, -0.05) is 47.6 Å². The second-order valence-corrected chi connectivity index (χ2v) is 4.34. The highest BCUT2D eigenvalue weighted by Gasteiger charge is 2.14. The summed E-state index contributed by atoms with van der Waals surface area (Å²) in [5.74, 6) is 0.857. The van der Waals surface area contributed by atoms with Gasteiger partial charge in [0.2, 0.25) is 0 Å². The fourth-order valence-corrected chi connectivity index (χ4v) is 2.06. The molecule has 0 bridgehead atoms. The number of fused-ring (bicyclic) bond motifs is 1. The van der Waals surface area contributed by atoms with E-state index in [0.29, 0.717) is 13.2 Å². The maximum absolute atomic E-state index is 5.80. The van der Waals surface area contributed by atoms with Gasteiger partial charge in [-0.15, -0.1) is 0 Å². The van der Waals surface area contributed by atoms with E-state index in [4.69, 9.17) is 9.57 Å². The molecular weight excluding hydrogens is 238 g/mol. The minimum Gasteiger partial charge on any atom is -0.493 e. The van der Waals surface area contributed by atoms with Crippen molar-refractivity contribution in [3.63, 3.8) is 0 Å². The predicted octanol–water partition coefficient (Wildman–Crippen LogP) is 3.24. The lowest BCUT2D eigenvalue weighted by Crippen LogP contribution is -2.06. The molecule has 0 aromatic heterocycles. The first-order valence-electron chi connectivity index (χ1n) is 6.43. The molecule has 3 rings (SSSR count). The molecule has 19 heavy (non-hydrogen) atoms. The number of para-hydroxylation sites is 1. The second kappa shape index (κ2) is 5.57. The molecule has 0 N–H and O–H groups in total. The molecular formula is C16H15NO2. The van der Waals surface area contributed by atoms with Crippen LogP contribution in [0.5, 0.6) is 5.75 Å². The molecule has 0 fully saturated rings. The number of benzene rings is 2. The zero-order valence-electron chi connectivity index (χ0n) is 10.6. The van der Waals surface area contributed by atoms with Crippen LogP contribution in [0.3, 0.4) is 0 Å². The number of oxime groups is 1. The molecule has 0 spiro atoms. The van der Waals surface area contributed by atoms with E-state index in [1.54, 1.807) is 0 Å². The fourth-order valence-electron chi connectivity index (χ4n) is 2.06. The topological polar surface area (TPSA) is 30.8 Å². The maximum Gasteiger partial charge on any atom is 0.128 e. The minimum atomic E-state index is 0.574. The van der Waals surface area contributed by atoms with Gasteiger partial charge in [-0.05, 0) is 12.1 Å². The van der Waals surface area contributed by atoms with Crippen LogP contribution in [0.2, 0.25) is 0 Å². The Morgan fingerprint density at radius 2 is 1.63 bits per heavy atom. The molecule has 1 heterocycles. The van der Waals surface area contributed by atoms with E-state index in [1.807, 2.05) is 54.6 Å². The van der Waals surface area contributed by atoms with Crippen LogP contribution in [0.4, 0.5) is 0 Å². The zero-order valence-corrected chi connectivity index (χ0v) is 10.6. The van der Waals surface area contributed by atoms with E-state index >= 15 is 0 Å². The SMILES string of the molecule is c1ccc(C2=NOCCCOc3ccccc32)cc1. The van der Waals surface area contributed by atoms with Crippen LogP contribution < -0.4 is 4.74 Å². The van der Waals surface area contributed by atoms with E-state index in [-0.39, 0.29) is 0 Å². The standard InChI is InChI=1S/C16H15NO2/c1-2-7-13(8-3-1)16-14-9-4-5-10-15(14)18-11-6-12-19-17-16/h1-5,7-10H,6,11-12H2. The van der Waals surface area contributed by atoms with Crippen LogP contribution in [-0.2, 0) is 4.84 Å². The van der Waals surface area contributed by atoms with Crippen molar-refractivity contribution in [3.05, 3.63) is 65.7 Å². The lowest BCUT2D eigenvalue weighted by Gasteiger charge is -2.11. The van der Waals surface area contributed by atoms with Crippen LogP contribution in [0.25, 0.3) is 0 Å². The van der Waals surface area contributed by atoms with Crippen LogP contribution >= 0.6 is 0 Å². The summed E-state index contributed by atoms with van der Waals surface area (Å²) in [5.41, 5.74) is 2.81. The van der Waals surface area contributed by atoms with Crippen LogP contribution in [-0.4, -0.2) is 18.9 Å². The van der Waals surface area contributed by atoms with Gasteiger partial charge in [0.15, 0.2) is 0 Å².